The summed E-state index contributed by atoms with van der Waals surface area (Å²) < 4.78 is 29.6. The molecule has 4 rings (SSSR count). The van der Waals surface area contributed by atoms with Crippen LogP contribution < -0.4 is 10.0 Å². The Balaban J connectivity index is 1.54. The average Bonchev–Trinajstić information content (AvgIpc) is 3.17. The minimum atomic E-state index is -3.79. The van der Waals surface area contributed by atoms with Gasteiger partial charge in [0, 0.05) is 21.4 Å². The molecule has 0 fully saturated rings. The number of benzene rings is 3. The number of anilines is 2. The van der Waals surface area contributed by atoms with Crippen molar-refractivity contribution >= 4 is 64.8 Å². The molecule has 0 aliphatic heterocycles. The number of sulfonamides is 1. The molecule has 1 amide bonds. The summed E-state index contributed by atoms with van der Waals surface area (Å²) in [6.45, 7) is 0. The highest BCUT2D eigenvalue weighted by Crippen LogP contribution is 2.23. The van der Waals surface area contributed by atoms with Crippen LogP contribution in [-0.2, 0) is 10.0 Å². The van der Waals surface area contributed by atoms with Crippen molar-refractivity contribution in [2.45, 2.75) is 4.90 Å². The van der Waals surface area contributed by atoms with Gasteiger partial charge in [-0.3, -0.25) is 9.52 Å². The number of carbonyl (C=O) groups excluding carboxylic acids is 1. The minimum Gasteiger partial charge on any atom is -0.322 e. The second kappa shape index (κ2) is 7.94. The molecule has 2 N–H and O–H groups in total. The Hall–Kier alpha value is -2.75. The number of hydrogen-bond acceptors (Lipinski definition) is 5. The summed E-state index contributed by atoms with van der Waals surface area (Å²) in [5.41, 5.74) is 3.86. The van der Waals surface area contributed by atoms with Gasteiger partial charge in [-0.1, -0.05) is 22.0 Å². The van der Waals surface area contributed by atoms with Crippen molar-refractivity contribution in [2.24, 2.45) is 0 Å². The highest BCUT2D eigenvalue weighted by atomic mass is 79.9. The maximum Gasteiger partial charge on any atom is 0.261 e. The molecule has 0 radical (unpaired) electrons. The van der Waals surface area contributed by atoms with Crippen molar-refractivity contribution in [3.05, 3.63) is 82.3 Å². The van der Waals surface area contributed by atoms with Crippen LogP contribution in [0, 0.1) is 0 Å². The molecule has 6 nitrogen and oxygen atoms in total. The van der Waals surface area contributed by atoms with E-state index in [1.54, 1.807) is 60.1 Å². The lowest BCUT2D eigenvalue weighted by atomic mass is 10.2. The molecule has 0 saturated heterocycles. The number of carbonyl (C=O) groups is 1. The van der Waals surface area contributed by atoms with Crippen LogP contribution in [0.25, 0.3) is 10.2 Å². The van der Waals surface area contributed by atoms with E-state index in [-0.39, 0.29) is 10.8 Å². The number of hydrogen-bond donors (Lipinski definition) is 2. The van der Waals surface area contributed by atoms with Gasteiger partial charge >= 0.3 is 0 Å². The zero-order valence-electron chi connectivity index (χ0n) is 14.8. The standard InChI is InChI=1S/C20H14BrN3O3S2/c21-14-5-7-15(8-6-14)24-29(26,27)17-3-1-2-16(11-17)23-20(25)13-4-9-18-19(10-13)28-12-22-18/h1-12,24H,(H,23,25). The Morgan fingerprint density at radius 2 is 1.76 bits per heavy atom. The molecule has 0 unspecified atom stereocenters. The number of nitrogens with one attached hydrogen (secondary N) is 2. The van der Waals surface area contributed by atoms with Crippen molar-refractivity contribution in [3.8, 4) is 0 Å². The van der Waals surface area contributed by atoms with Crippen LogP contribution in [0.3, 0.4) is 0 Å². The number of halogens is 1. The van der Waals surface area contributed by atoms with E-state index in [0.717, 1.165) is 14.7 Å². The van der Waals surface area contributed by atoms with Crippen molar-refractivity contribution in [1.29, 1.82) is 0 Å². The lowest BCUT2D eigenvalue weighted by molar-refractivity contribution is 0.102. The van der Waals surface area contributed by atoms with E-state index in [1.807, 2.05) is 0 Å². The summed E-state index contributed by atoms with van der Waals surface area (Å²) in [5, 5.41) is 2.75. The van der Waals surface area contributed by atoms with Gasteiger partial charge in [-0.05, 0) is 60.7 Å². The molecule has 3 aromatic carbocycles. The molecule has 0 bridgehead atoms. The van der Waals surface area contributed by atoms with E-state index in [1.165, 1.54) is 23.5 Å². The Morgan fingerprint density at radius 3 is 2.55 bits per heavy atom. The number of amides is 1. The number of thiazole rings is 1. The van der Waals surface area contributed by atoms with Crippen molar-refractivity contribution in [1.82, 2.24) is 4.98 Å². The first kappa shape index (κ1) is 19.6. The second-order valence-corrected chi connectivity index (χ2v) is 9.61. The van der Waals surface area contributed by atoms with E-state index in [0.29, 0.717) is 16.9 Å². The van der Waals surface area contributed by atoms with Gasteiger partial charge in [-0.25, -0.2) is 13.4 Å². The topological polar surface area (TPSA) is 88.2 Å². The van der Waals surface area contributed by atoms with Crippen LogP contribution >= 0.6 is 27.3 Å². The second-order valence-electron chi connectivity index (χ2n) is 6.13. The summed E-state index contributed by atoms with van der Waals surface area (Å²) in [6, 6.07) is 18.1. The SMILES string of the molecule is O=C(Nc1cccc(S(=O)(=O)Nc2ccc(Br)cc2)c1)c1ccc2ncsc2c1. The van der Waals surface area contributed by atoms with E-state index >= 15 is 0 Å². The molecule has 1 aromatic heterocycles. The van der Waals surface area contributed by atoms with E-state index in [9.17, 15) is 13.2 Å². The summed E-state index contributed by atoms with van der Waals surface area (Å²) in [4.78, 5) is 16.8. The Labute approximate surface area is 179 Å². The lowest BCUT2D eigenvalue weighted by Crippen LogP contribution is -2.15. The molecule has 0 aliphatic rings. The summed E-state index contributed by atoms with van der Waals surface area (Å²) in [7, 11) is -3.79. The first-order valence-electron chi connectivity index (χ1n) is 8.44. The van der Waals surface area contributed by atoms with Gasteiger partial charge in [0.25, 0.3) is 15.9 Å². The van der Waals surface area contributed by atoms with E-state index < -0.39 is 10.0 Å². The average molecular weight is 488 g/mol. The molecule has 4 aromatic rings. The zero-order valence-corrected chi connectivity index (χ0v) is 18.0. The summed E-state index contributed by atoms with van der Waals surface area (Å²) >= 11 is 4.76. The van der Waals surface area contributed by atoms with Crippen LogP contribution in [-0.4, -0.2) is 19.3 Å². The zero-order chi connectivity index (χ0) is 20.4. The fourth-order valence-corrected chi connectivity index (χ4v) is 4.76. The number of fused-ring (bicyclic) bond motifs is 1. The predicted octanol–water partition coefficient (Wildman–Crippen LogP) is 5.11. The number of nitrogens with zero attached hydrogens (tertiary/aromatic N) is 1. The number of rotatable bonds is 5. The molecular weight excluding hydrogens is 474 g/mol. The molecule has 0 saturated carbocycles. The molecule has 0 atom stereocenters. The van der Waals surface area contributed by atoms with Crippen molar-refractivity contribution in [3.63, 3.8) is 0 Å². The molecule has 0 aliphatic carbocycles. The molecule has 1 heterocycles. The summed E-state index contributed by atoms with van der Waals surface area (Å²) in [5.74, 6) is -0.323. The first-order chi connectivity index (χ1) is 13.9. The largest absolute Gasteiger partial charge is 0.322 e. The Morgan fingerprint density at radius 1 is 0.966 bits per heavy atom. The highest BCUT2D eigenvalue weighted by molar-refractivity contribution is 9.10. The molecule has 146 valence electrons. The fraction of sp³-hybridized carbons (Fsp3) is 0. The van der Waals surface area contributed by atoms with Gasteiger partial charge in [-0.2, -0.15) is 0 Å². The van der Waals surface area contributed by atoms with Crippen molar-refractivity contribution < 1.29 is 13.2 Å². The van der Waals surface area contributed by atoms with Crippen molar-refractivity contribution in [2.75, 3.05) is 10.0 Å². The molecule has 0 spiro atoms. The molecular formula is C20H14BrN3O3S2. The van der Waals surface area contributed by atoms with Gasteiger partial charge in [0.1, 0.15) is 0 Å². The van der Waals surface area contributed by atoms with Gasteiger partial charge in [0.15, 0.2) is 0 Å². The third-order valence-corrected chi connectivity index (χ3v) is 6.79. The van der Waals surface area contributed by atoms with Gasteiger partial charge < -0.3 is 5.32 Å². The van der Waals surface area contributed by atoms with Crippen LogP contribution in [0.2, 0.25) is 0 Å². The smallest absolute Gasteiger partial charge is 0.261 e. The minimum absolute atomic E-state index is 0.0520. The Bertz CT molecular complexity index is 1300. The van der Waals surface area contributed by atoms with Crippen LogP contribution in [0.4, 0.5) is 11.4 Å². The Kier molecular flexibility index (Phi) is 5.35. The maximum absolute atomic E-state index is 12.7. The quantitative estimate of drug-likeness (QED) is 0.409. The fourth-order valence-electron chi connectivity index (χ4n) is 2.67. The third-order valence-electron chi connectivity index (χ3n) is 4.09. The maximum atomic E-state index is 12.7. The van der Waals surface area contributed by atoms with Gasteiger partial charge in [0.2, 0.25) is 0 Å². The molecule has 29 heavy (non-hydrogen) atoms. The van der Waals surface area contributed by atoms with Crippen LogP contribution in [0.5, 0.6) is 0 Å². The van der Waals surface area contributed by atoms with Gasteiger partial charge in [-0.15, -0.1) is 11.3 Å². The van der Waals surface area contributed by atoms with Gasteiger partial charge in [0.05, 0.1) is 20.6 Å². The number of aromatic nitrogens is 1. The van der Waals surface area contributed by atoms with E-state index in [2.05, 4.69) is 31.0 Å². The van der Waals surface area contributed by atoms with E-state index in [4.69, 9.17) is 0 Å². The lowest BCUT2D eigenvalue weighted by Gasteiger charge is -2.10. The third kappa shape index (κ3) is 4.47. The highest BCUT2D eigenvalue weighted by Gasteiger charge is 2.16. The first-order valence-corrected chi connectivity index (χ1v) is 11.6. The van der Waals surface area contributed by atoms with Crippen LogP contribution in [0.1, 0.15) is 10.4 Å². The monoisotopic (exact) mass is 487 g/mol. The molecule has 9 heteroatoms. The summed E-state index contributed by atoms with van der Waals surface area (Å²) in [6.07, 6.45) is 0. The van der Waals surface area contributed by atoms with Crippen LogP contribution in [0.15, 0.2) is 81.6 Å². The normalized spacial score (nSPS) is 11.3. The predicted molar refractivity (Wildman–Crippen MR) is 119 cm³/mol.